The molecule has 0 radical (unpaired) electrons. The molecular weight excluding hydrogens is 266 g/mol. The molecule has 0 aliphatic heterocycles. The second-order valence-electron chi connectivity index (χ2n) is 6.05. The van der Waals surface area contributed by atoms with Gasteiger partial charge in [-0.1, -0.05) is 56.5 Å². The highest BCUT2D eigenvalue weighted by Crippen LogP contribution is 2.16. The summed E-state index contributed by atoms with van der Waals surface area (Å²) in [5.41, 5.74) is 1.28. The van der Waals surface area contributed by atoms with Crippen LogP contribution in [0.25, 0.3) is 6.08 Å². The number of nitrogens with zero attached hydrogens (tertiary/aromatic N) is 1. The molecule has 0 amide bonds. The molecule has 1 nitrogen and oxygen atoms in total. The van der Waals surface area contributed by atoms with Gasteiger partial charge in [-0.05, 0) is 31.4 Å². The highest BCUT2D eigenvalue weighted by molar-refractivity contribution is 5.47. The van der Waals surface area contributed by atoms with Crippen LogP contribution >= 0.6 is 0 Å². The Morgan fingerprint density at radius 2 is 1.70 bits per heavy atom. The number of hydrogen-bond donors (Lipinski definition) is 0. The fourth-order valence-electron chi connectivity index (χ4n) is 2.19. The normalized spacial score (nSPS) is 13.2. The van der Waals surface area contributed by atoms with Crippen LogP contribution in [0.3, 0.4) is 0 Å². The van der Waals surface area contributed by atoms with Gasteiger partial charge in [0.25, 0.3) is 0 Å². The van der Waals surface area contributed by atoms with Crippen LogP contribution in [0.1, 0.15) is 51.5 Å². The van der Waals surface area contributed by atoms with E-state index in [1.807, 2.05) is 0 Å². The Kier molecular flexibility index (Phi) is 9.62. The van der Waals surface area contributed by atoms with Crippen LogP contribution in [0.5, 0.6) is 0 Å². The van der Waals surface area contributed by atoms with Gasteiger partial charge in [-0.25, -0.2) is 0 Å². The van der Waals surface area contributed by atoms with Crippen LogP contribution in [0.4, 0.5) is 0 Å². The maximum Gasteiger partial charge on any atom is 0.0962 e. The quantitative estimate of drug-likeness (QED) is 0.509. The molecule has 1 aromatic carbocycles. The molecule has 20 heavy (non-hydrogen) atoms. The van der Waals surface area contributed by atoms with Crippen LogP contribution in [0, 0.1) is 0 Å². The molecule has 0 bridgehead atoms. The minimum Gasteiger partial charge on any atom is -1.00 e. The molecule has 0 saturated heterocycles. The van der Waals surface area contributed by atoms with Gasteiger partial charge >= 0.3 is 0 Å². The lowest BCUT2D eigenvalue weighted by atomic mass is 10.1. The third kappa shape index (κ3) is 7.12. The summed E-state index contributed by atoms with van der Waals surface area (Å²) in [5.74, 6) is 0. The zero-order chi connectivity index (χ0) is 14.1. The summed E-state index contributed by atoms with van der Waals surface area (Å²) in [6, 6.07) is 11.2. The van der Waals surface area contributed by atoms with Crippen molar-refractivity contribution in [2.75, 3.05) is 14.1 Å². The third-order valence-corrected chi connectivity index (χ3v) is 4.06. The van der Waals surface area contributed by atoms with E-state index < -0.39 is 0 Å². The Balaban J connectivity index is 0.00000361. The molecule has 1 atom stereocenters. The molecule has 0 heterocycles. The average Bonchev–Trinajstić information content (AvgIpc) is 2.42. The number of rotatable bonds is 8. The molecule has 2 heteroatoms. The summed E-state index contributed by atoms with van der Waals surface area (Å²) >= 11 is 0. The van der Waals surface area contributed by atoms with Crippen molar-refractivity contribution in [2.45, 2.75) is 52.0 Å². The van der Waals surface area contributed by atoms with Gasteiger partial charge < -0.3 is 12.4 Å². The molecule has 0 aromatic heterocycles. The van der Waals surface area contributed by atoms with Crippen molar-refractivity contribution in [2.24, 2.45) is 0 Å². The first-order valence-corrected chi connectivity index (χ1v) is 7.64. The lowest BCUT2D eigenvalue weighted by Crippen LogP contribution is -3.00. The minimum atomic E-state index is 0. The van der Waals surface area contributed by atoms with E-state index in [0.717, 1.165) is 4.48 Å². The minimum absolute atomic E-state index is 0. The maximum atomic E-state index is 2.36. The maximum absolute atomic E-state index is 2.36. The van der Waals surface area contributed by atoms with Gasteiger partial charge in [0.2, 0.25) is 0 Å². The van der Waals surface area contributed by atoms with Crippen molar-refractivity contribution in [3.05, 3.63) is 42.1 Å². The largest absolute Gasteiger partial charge is 1.00 e. The van der Waals surface area contributed by atoms with Crippen molar-refractivity contribution in [1.82, 2.24) is 0 Å². The predicted molar refractivity (Wildman–Crippen MR) is 85.8 cm³/mol. The van der Waals surface area contributed by atoms with E-state index in [4.69, 9.17) is 0 Å². The molecule has 0 aliphatic carbocycles. The molecule has 0 spiro atoms. The summed E-state index contributed by atoms with van der Waals surface area (Å²) in [7, 11) is 4.59. The molecule has 0 saturated carbocycles. The van der Waals surface area contributed by atoms with Gasteiger partial charge in [0.1, 0.15) is 0 Å². The molecule has 1 unspecified atom stereocenters. The molecule has 1 rings (SSSR count). The standard InChI is InChI=1S/C18H30N.ClH/c1-5-6-7-9-12-17(2)19(3,4)16-15-18-13-10-8-11-14-18;/h8,10-11,13-17H,5-7,9,12H2,1-4H3;1H/q+1;/p-1. The zero-order valence-electron chi connectivity index (χ0n) is 13.5. The van der Waals surface area contributed by atoms with E-state index in [9.17, 15) is 0 Å². The van der Waals surface area contributed by atoms with E-state index in [-0.39, 0.29) is 12.4 Å². The summed E-state index contributed by atoms with van der Waals surface area (Å²) < 4.78 is 0.959. The number of benzene rings is 1. The molecule has 0 aliphatic rings. The third-order valence-electron chi connectivity index (χ3n) is 4.06. The second-order valence-corrected chi connectivity index (χ2v) is 6.05. The van der Waals surface area contributed by atoms with E-state index in [0.29, 0.717) is 6.04 Å². The van der Waals surface area contributed by atoms with Crippen molar-refractivity contribution in [1.29, 1.82) is 0 Å². The number of halogens is 1. The van der Waals surface area contributed by atoms with Gasteiger partial charge in [-0.2, -0.15) is 0 Å². The Bertz CT molecular complexity index is 370. The fraction of sp³-hybridized carbons (Fsp3) is 0.556. The first-order valence-electron chi connectivity index (χ1n) is 7.64. The number of hydrogen-bond acceptors (Lipinski definition) is 0. The Hall–Kier alpha value is -0.790. The molecule has 0 N–H and O–H groups in total. The summed E-state index contributed by atoms with van der Waals surface area (Å²) in [5, 5.41) is 0. The van der Waals surface area contributed by atoms with Crippen LogP contribution < -0.4 is 12.4 Å². The highest BCUT2D eigenvalue weighted by Gasteiger charge is 2.20. The molecule has 0 fully saturated rings. The monoisotopic (exact) mass is 295 g/mol. The highest BCUT2D eigenvalue weighted by atomic mass is 35.5. The van der Waals surface area contributed by atoms with Crippen molar-refractivity contribution < 1.29 is 16.9 Å². The predicted octanol–water partition coefficient (Wildman–Crippen LogP) is 2.10. The Morgan fingerprint density at radius 3 is 2.30 bits per heavy atom. The average molecular weight is 296 g/mol. The van der Waals surface area contributed by atoms with E-state index in [1.165, 1.54) is 37.7 Å². The van der Waals surface area contributed by atoms with Crippen molar-refractivity contribution in [3.63, 3.8) is 0 Å². The first kappa shape index (κ1) is 19.2. The summed E-state index contributed by atoms with van der Waals surface area (Å²) in [4.78, 5) is 0. The lowest BCUT2D eigenvalue weighted by Gasteiger charge is -2.32. The van der Waals surface area contributed by atoms with Crippen LogP contribution in [0.2, 0.25) is 0 Å². The van der Waals surface area contributed by atoms with Crippen LogP contribution in [-0.4, -0.2) is 24.6 Å². The zero-order valence-corrected chi connectivity index (χ0v) is 14.2. The van der Waals surface area contributed by atoms with E-state index in [2.05, 4.69) is 70.6 Å². The first-order chi connectivity index (χ1) is 9.06. The summed E-state index contributed by atoms with van der Waals surface area (Å²) in [6.07, 6.45) is 11.3. The summed E-state index contributed by atoms with van der Waals surface area (Å²) in [6.45, 7) is 4.63. The molecular formula is C18H30ClN. The molecule has 1 aromatic rings. The van der Waals surface area contributed by atoms with Crippen LogP contribution in [-0.2, 0) is 0 Å². The Morgan fingerprint density at radius 1 is 1.05 bits per heavy atom. The van der Waals surface area contributed by atoms with Gasteiger partial charge in [-0.3, -0.25) is 4.48 Å². The van der Waals surface area contributed by atoms with Crippen LogP contribution in [0.15, 0.2) is 36.5 Å². The SMILES string of the molecule is CCCCCCC(C)[N+](C)(C)C=Cc1ccccc1.[Cl-]. The fourth-order valence-corrected chi connectivity index (χ4v) is 2.19. The van der Waals surface area contributed by atoms with E-state index >= 15 is 0 Å². The van der Waals surface area contributed by atoms with Gasteiger partial charge in [0, 0.05) is 0 Å². The molecule has 114 valence electrons. The van der Waals surface area contributed by atoms with Gasteiger partial charge in [0.05, 0.1) is 26.3 Å². The number of unbranched alkanes of at least 4 members (excludes halogenated alkanes) is 3. The second kappa shape index (κ2) is 10.0. The lowest BCUT2D eigenvalue weighted by molar-refractivity contribution is -0.863. The Labute approximate surface area is 131 Å². The number of quaternary nitrogens is 1. The van der Waals surface area contributed by atoms with Crippen molar-refractivity contribution in [3.8, 4) is 0 Å². The van der Waals surface area contributed by atoms with Crippen molar-refractivity contribution >= 4 is 6.08 Å². The van der Waals surface area contributed by atoms with E-state index in [1.54, 1.807) is 0 Å². The smallest absolute Gasteiger partial charge is 0.0962 e. The topological polar surface area (TPSA) is 0 Å². The van der Waals surface area contributed by atoms with Gasteiger partial charge in [0.15, 0.2) is 0 Å². The van der Waals surface area contributed by atoms with Gasteiger partial charge in [-0.15, -0.1) is 0 Å².